The monoisotopic (exact) mass is 234 g/mol. The number of carbonyl (C=O) groups excluding carboxylic acids is 1. The quantitative estimate of drug-likeness (QED) is 0.789. The Morgan fingerprint density at radius 1 is 1.35 bits per heavy atom. The molecule has 1 amide bonds. The van der Waals surface area contributed by atoms with Crippen LogP contribution in [0.2, 0.25) is 0 Å². The topological polar surface area (TPSA) is 118 Å². The summed E-state index contributed by atoms with van der Waals surface area (Å²) in [5.74, 6) is -1.96. The number of anilines is 1. The number of carbonyl (C=O) groups is 2. The maximum absolute atomic E-state index is 11.5. The number of furan rings is 1. The van der Waals surface area contributed by atoms with Crippen LogP contribution in [0.3, 0.4) is 0 Å². The SMILES string of the molecule is O=C(O)c1coc(C(=O)Nc2nccnn2)c1. The van der Waals surface area contributed by atoms with Crippen LogP contribution in [0.5, 0.6) is 0 Å². The lowest BCUT2D eigenvalue weighted by Gasteiger charge is -1.98. The fourth-order valence-corrected chi connectivity index (χ4v) is 1.04. The zero-order valence-electron chi connectivity index (χ0n) is 8.32. The van der Waals surface area contributed by atoms with E-state index in [1.165, 1.54) is 12.4 Å². The van der Waals surface area contributed by atoms with Gasteiger partial charge in [0.25, 0.3) is 5.91 Å². The van der Waals surface area contributed by atoms with Gasteiger partial charge in [0.15, 0.2) is 5.76 Å². The van der Waals surface area contributed by atoms with Crippen LogP contribution in [0.4, 0.5) is 5.95 Å². The molecule has 0 radical (unpaired) electrons. The highest BCUT2D eigenvalue weighted by molar-refractivity contribution is 6.02. The molecule has 0 unspecified atom stereocenters. The van der Waals surface area contributed by atoms with Crippen molar-refractivity contribution in [2.24, 2.45) is 0 Å². The van der Waals surface area contributed by atoms with Crippen LogP contribution in [0.15, 0.2) is 29.1 Å². The second-order valence-corrected chi connectivity index (χ2v) is 2.93. The van der Waals surface area contributed by atoms with Gasteiger partial charge in [-0.3, -0.25) is 10.1 Å². The van der Waals surface area contributed by atoms with E-state index in [0.717, 1.165) is 12.3 Å². The average molecular weight is 234 g/mol. The van der Waals surface area contributed by atoms with Crippen LogP contribution < -0.4 is 5.32 Å². The molecular formula is C9H6N4O4. The number of nitrogens with one attached hydrogen (secondary N) is 1. The number of nitrogens with zero attached hydrogens (tertiary/aromatic N) is 3. The third kappa shape index (κ3) is 2.43. The summed E-state index contributed by atoms with van der Waals surface area (Å²) in [6.45, 7) is 0. The van der Waals surface area contributed by atoms with Crippen molar-refractivity contribution in [1.29, 1.82) is 0 Å². The molecule has 2 aromatic rings. The van der Waals surface area contributed by atoms with Gasteiger partial charge in [0.2, 0.25) is 5.95 Å². The maximum atomic E-state index is 11.5. The van der Waals surface area contributed by atoms with Gasteiger partial charge in [-0.2, -0.15) is 5.10 Å². The van der Waals surface area contributed by atoms with Crippen LogP contribution >= 0.6 is 0 Å². The number of carboxylic acid groups (broad SMARTS) is 1. The van der Waals surface area contributed by atoms with Gasteiger partial charge in [0, 0.05) is 6.07 Å². The molecule has 0 atom stereocenters. The van der Waals surface area contributed by atoms with E-state index in [-0.39, 0.29) is 17.3 Å². The highest BCUT2D eigenvalue weighted by Gasteiger charge is 2.15. The minimum atomic E-state index is -1.18. The Morgan fingerprint density at radius 3 is 2.76 bits per heavy atom. The minimum absolute atomic E-state index is 0.00535. The molecule has 2 aromatic heterocycles. The van der Waals surface area contributed by atoms with Crippen molar-refractivity contribution in [3.8, 4) is 0 Å². The molecular weight excluding hydrogens is 228 g/mol. The van der Waals surface area contributed by atoms with Crippen molar-refractivity contribution < 1.29 is 19.1 Å². The third-order valence-electron chi connectivity index (χ3n) is 1.78. The van der Waals surface area contributed by atoms with Gasteiger partial charge in [-0.05, 0) is 0 Å². The fraction of sp³-hybridized carbons (Fsp3) is 0. The number of rotatable bonds is 3. The molecule has 17 heavy (non-hydrogen) atoms. The molecule has 0 saturated carbocycles. The smallest absolute Gasteiger partial charge is 0.338 e. The summed E-state index contributed by atoms with van der Waals surface area (Å²) in [5, 5.41) is 18.0. The summed E-state index contributed by atoms with van der Waals surface area (Å²) in [7, 11) is 0. The Morgan fingerprint density at radius 2 is 2.18 bits per heavy atom. The molecule has 2 N–H and O–H groups in total. The van der Waals surface area contributed by atoms with Gasteiger partial charge in [-0.1, -0.05) is 0 Å². The number of aromatic carboxylic acids is 1. The molecule has 2 heterocycles. The van der Waals surface area contributed by atoms with Crippen molar-refractivity contribution in [2.75, 3.05) is 5.32 Å². The predicted molar refractivity (Wildman–Crippen MR) is 53.4 cm³/mol. The summed E-state index contributed by atoms with van der Waals surface area (Å²) >= 11 is 0. The summed E-state index contributed by atoms with van der Waals surface area (Å²) in [4.78, 5) is 25.8. The predicted octanol–water partition coefficient (Wildman–Crippen LogP) is 0.415. The highest BCUT2D eigenvalue weighted by atomic mass is 16.4. The van der Waals surface area contributed by atoms with Gasteiger partial charge in [-0.15, -0.1) is 5.10 Å². The third-order valence-corrected chi connectivity index (χ3v) is 1.78. The van der Waals surface area contributed by atoms with Gasteiger partial charge in [0.05, 0.1) is 18.0 Å². The minimum Gasteiger partial charge on any atom is -0.478 e. The van der Waals surface area contributed by atoms with Crippen LogP contribution in [-0.4, -0.2) is 32.2 Å². The lowest BCUT2D eigenvalue weighted by molar-refractivity contribution is 0.0696. The van der Waals surface area contributed by atoms with Gasteiger partial charge in [-0.25, -0.2) is 9.78 Å². The zero-order valence-corrected chi connectivity index (χ0v) is 8.32. The largest absolute Gasteiger partial charge is 0.478 e. The van der Waals surface area contributed by atoms with Crippen LogP contribution in [0.1, 0.15) is 20.9 Å². The second-order valence-electron chi connectivity index (χ2n) is 2.93. The molecule has 0 fully saturated rings. The Hall–Kier alpha value is -2.77. The number of aromatic nitrogens is 3. The highest BCUT2D eigenvalue weighted by Crippen LogP contribution is 2.09. The Bertz CT molecular complexity index is 551. The van der Waals surface area contributed by atoms with E-state index >= 15 is 0 Å². The van der Waals surface area contributed by atoms with Gasteiger partial charge in [0.1, 0.15) is 6.26 Å². The molecule has 0 aliphatic heterocycles. The Balaban J connectivity index is 2.12. The van der Waals surface area contributed by atoms with E-state index in [4.69, 9.17) is 9.52 Å². The molecule has 2 rings (SSSR count). The Kier molecular flexibility index (Phi) is 2.77. The van der Waals surface area contributed by atoms with Crippen molar-refractivity contribution in [1.82, 2.24) is 15.2 Å². The lowest BCUT2D eigenvalue weighted by atomic mass is 10.3. The van der Waals surface area contributed by atoms with Crippen molar-refractivity contribution in [3.05, 3.63) is 36.0 Å². The van der Waals surface area contributed by atoms with E-state index in [1.54, 1.807) is 0 Å². The first-order chi connectivity index (χ1) is 8.16. The van der Waals surface area contributed by atoms with E-state index in [0.29, 0.717) is 0 Å². The standard InChI is InChI=1S/C9H6N4O4/c14-7(12-9-10-1-2-11-13-9)6-3-5(4-17-6)8(15)16/h1-4H,(H,15,16)(H,10,12,13,14). The van der Waals surface area contributed by atoms with Crippen molar-refractivity contribution >= 4 is 17.8 Å². The first kappa shape index (κ1) is 10.7. The number of hydrogen-bond acceptors (Lipinski definition) is 6. The molecule has 0 bridgehead atoms. The van der Waals surface area contributed by atoms with E-state index in [1.807, 2.05) is 0 Å². The number of carboxylic acids is 1. The van der Waals surface area contributed by atoms with Crippen molar-refractivity contribution in [2.45, 2.75) is 0 Å². The van der Waals surface area contributed by atoms with Crippen LogP contribution in [0.25, 0.3) is 0 Å². The summed E-state index contributed by atoms with van der Waals surface area (Å²) < 4.78 is 4.79. The average Bonchev–Trinajstić information content (AvgIpc) is 2.79. The summed E-state index contributed by atoms with van der Waals surface area (Å²) in [6.07, 6.45) is 3.68. The van der Waals surface area contributed by atoms with Gasteiger partial charge < -0.3 is 9.52 Å². The van der Waals surface area contributed by atoms with Gasteiger partial charge >= 0.3 is 5.97 Å². The van der Waals surface area contributed by atoms with E-state index in [2.05, 4.69) is 20.5 Å². The second kappa shape index (κ2) is 4.39. The first-order valence-corrected chi connectivity index (χ1v) is 4.43. The fourth-order valence-electron chi connectivity index (χ4n) is 1.04. The number of amides is 1. The molecule has 0 aliphatic rings. The zero-order chi connectivity index (χ0) is 12.3. The van der Waals surface area contributed by atoms with E-state index < -0.39 is 11.9 Å². The lowest BCUT2D eigenvalue weighted by Crippen LogP contribution is -2.13. The molecule has 0 spiro atoms. The van der Waals surface area contributed by atoms with Crippen LogP contribution in [-0.2, 0) is 0 Å². The normalized spacial score (nSPS) is 9.88. The van der Waals surface area contributed by atoms with Crippen LogP contribution in [0, 0.1) is 0 Å². The summed E-state index contributed by atoms with van der Waals surface area (Å²) in [6, 6.07) is 1.11. The first-order valence-electron chi connectivity index (χ1n) is 4.43. The Labute approximate surface area is 94.3 Å². The number of hydrogen-bond donors (Lipinski definition) is 2. The molecule has 0 aliphatic carbocycles. The maximum Gasteiger partial charge on any atom is 0.338 e. The van der Waals surface area contributed by atoms with E-state index in [9.17, 15) is 9.59 Å². The molecule has 86 valence electrons. The molecule has 8 heteroatoms. The van der Waals surface area contributed by atoms with Crippen molar-refractivity contribution in [3.63, 3.8) is 0 Å². The summed E-state index contributed by atoms with van der Waals surface area (Å²) in [5.41, 5.74) is -0.109. The molecule has 8 nitrogen and oxygen atoms in total. The molecule has 0 saturated heterocycles. The molecule has 0 aromatic carbocycles.